The van der Waals surface area contributed by atoms with E-state index in [-0.39, 0.29) is 0 Å². The summed E-state index contributed by atoms with van der Waals surface area (Å²) < 4.78 is 5.18. The smallest absolute Gasteiger partial charge is 0.212 e. The molecule has 10 nitrogen and oxygen atoms in total. The highest BCUT2D eigenvalue weighted by Gasteiger charge is 2.44. The van der Waals surface area contributed by atoms with E-state index in [0.29, 0.717) is 34.6 Å². The number of fused-ring (bicyclic) bond motifs is 3. The van der Waals surface area contributed by atoms with Crippen LogP contribution in [0.2, 0.25) is 0 Å². The summed E-state index contributed by atoms with van der Waals surface area (Å²) in [5.41, 5.74) is 5.46. The fourth-order valence-electron chi connectivity index (χ4n) is 5.75. The lowest BCUT2D eigenvalue weighted by Gasteiger charge is -2.56. The number of allylic oxidation sites excluding steroid dienone is 1. The molecule has 10 heteroatoms. The van der Waals surface area contributed by atoms with E-state index < -0.39 is 0 Å². The zero-order chi connectivity index (χ0) is 27.6. The third-order valence-electron chi connectivity index (χ3n) is 7.75. The van der Waals surface area contributed by atoms with Crippen LogP contribution in [-0.2, 0) is 6.54 Å². The highest BCUT2D eigenvalue weighted by atomic mass is 16.5. The fourth-order valence-corrected chi connectivity index (χ4v) is 5.75. The maximum absolute atomic E-state index is 9.79. The van der Waals surface area contributed by atoms with E-state index >= 15 is 0 Å². The Hall–Kier alpha value is -4.88. The average molecular weight is 532 g/mol. The molecule has 3 saturated heterocycles. The first-order valence-electron chi connectivity index (χ1n) is 13.2. The van der Waals surface area contributed by atoms with Crippen LogP contribution in [-0.4, -0.2) is 70.6 Å². The van der Waals surface area contributed by atoms with Crippen LogP contribution < -0.4 is 15.0 Å². The van der Waals surface area contributed by atoms with Gasteiger partial charge in [0, 0.05) is 86.2 Å². The predicted octanol–water partition coefficient (Wildman–Crippen LogP) is 3.64. The molecule has 0 aliphatic carbocycles. The highest BCUT2D eigenvalue weighted by molar-refractivity contribution is 6.11. The second-order valence-corrected chi connectivity index (χ2v) is 10.1. The van der Waals surface area contributed by atoms with Crippen LogP contribution in [0.3, 0.4) is 0 Å². The molecule has 2 N–H and O–H groups in total. The Kier molecular flexibility index (Phi) is 6.80. The average Bonchev–Trinajstić information content (AvgIpc) is 3.02. The molecular weight excluding hydrogens is 502 g/mol. The first-order valence-corrected chi connectivity index (χ1v) is 13.2. The Morgan fingerprint density at radius 3 is 2.65 bits per heavy atom. The normalized spacial score (nSPS) is 18.6. The first-order chi connectivity index (χ1) is 19.6. The van der Waals surface area contributed by atoms with E-state index in [4.69, 9.17) is 15.1 Å². The van der Waals surface area contributed by atoms with E-state index in [1.807, 2.05) is 30.6 Å². The molecule has 1 aromatic carbocycles. The quantitative estimate of drug-likeness (QED) is 0.328. The molecule has 4 aromatic rings. The highest BCUT2D eigenvalue weighted by Crippen LogP contribution is 2.37. The zero-order valence-corrected chi connectivity index (χ0v) is 22.4. The van der Waals surface area contributed by atoms with Gasteiger partial charge < -0.3 is 20.4 Å². The van der Waals surface area contributed by atoms with Crippen LogP contribution in [0.15, 0.2) is 61.2 Å². The number of ether oxygens (including phenoxy) is 1. The van der Waals surface area contributed by atoms with Crippen molar-refractivity contribution >= 4 is 28.5 Å². The second kappa shape index (κ2) is 10.7. The van der Waals surface area contributed by atoms with Gasteiger partial charge in [-0.05, 0) is 47.4 Å². The van der Waals surface area contributed by atoms with Gasteiger partial charge in [-0.2, -0.15) is 15.5 Å². The molecule has 0 radical (unpaired) electrons. The van der Waals surface area contributed by atoms with Gasteiger partial charge in [0.2, 0.25) is 5.88 Å². The molecule has 0 spiro atoms. The first kappa shape index (κ1) is 25.4. The number of nitrogens with one attached hydrogen (secondary N) is 2. The molecule has 7 rings (SSSR count). The molecule has 2 unspecified atom stereocenters. The van der Waals surface area contributed by atoms with Crippen molar-refractivity contribution in [3.63, 3.8) is 0 Å². The lowest BCUT2D eigenvalue weighted by molar-refractivity contribution is -0.00876. The number of pyridine rings is 2. The number of rotatable bonds is 8. The van der Waals surface area contributed by atoms with Gasteiger partial charge in [-0.3, -0.25) is 4.90 Å². The summed E-state index contributed by atoms with van der Waals surface area (Å²) in [5, 5.41) is 29.7. The van der Waals surface area contributed by atoms with E-state index in [2.05, 4.69) is 54.6 Å². The topological polar surface area (TPSA) is 127 Å². The van der Waals surface area contributed by atoms with Crippen molar-refractivity contribution in [3.8, 4) is 23.1 Å². The summed E-state index contributed by atoms with van der Waals surface area (Å²) in [6.07, 6.45) is 9.50. The second-order valence-electron chi connectivity index (χ2n) is 10.1. The van der Waals surface area contributed by atoms with Crippen LogP contribution in [0.5, 0.6) is 5.88 Å². The molecule has 40 heavy (non-hydrogen) atoms. The fraction of sp³-hybridized carbons (Fsp3) is 0.267. The number of benzene rings is 1. The standard InChI is InChI=1S/C30H29N9O/c1-33-13-22(10-31)21-7-26(30-23(11-32)15-36-37-27(30)8-21)20-4-5-28(34-14-20)38-17-24-9-25(18-38)39(24)16-19-3-6-29(40-2)35-12-19/h3-8,10,12-15,24-25,31,33H,9,16-18H2,1-2H3/b22-13+,31-10?. The molecule has 3 aromatic heterocycles. The van der Waals surface area contributed by atoms with E-state index in [1.54, 1.807) is 20.4 Å². The minimum atomic E-state index is 0.452. The molecule has 200 valence electrons. The van der Waals surface area contributed by atoms with Crippen molar-refractivity contribution in [2.45, 2.75) is 25.0 Å². The SMILES string of the molecule is CN/C=C(\C=N)c1cc(-c2ccc(N3CC4CC(C3)N4Cc3ccc(OC)nc3)nc2)c2c(C#N)cnnc2c1. The van der Waals surface area contributed by atoms with Crippen LogP contribution >= 0.6 is 0 Å². The Balaban J connectivity index is 1.25. The van der Waals surface area contributed by atoms with Gasteiger partial charge >= 0.3 is 0 Å². The molecule has 2 atom stereocenters. The van der Waals surface area contributed by atoms with Gasteiger partial charge in [-0.25, -0.2) is 9.97 Å². The number of aromatic nitrogens is 4. The van der Waals surface area contributed by atoms with Crippen molar-refractivity contribution < 1.29 is 4.74 Å². The number of piperidine rings is 1. The van der Waals surface area contributed by atoms with Crippen LogP contribution in [0.4, 0.5) is 5.82 Å². The summed E-state index contributed by atoms with van der Waals surface area (Å²) in [6.45, 7) is 2.74. The predicted molar refractivity (Wildman–Crippen MR) is 154 cm³/mol. The lowest BCUT2D eigenvalue weighted by atomic mass is 9.87. The number of hydrogen-bond acceptors (Lipinski definition) is 10. The van der Waals surface area contributed by atoms with E-state index in [1.165, 1.54) is 24.4 Å². The van der Waals surface area contributed by atoms with Crippen LogP contribution in [0.25, 0.3) is 27.6 Å². The summed E-state index contributed by atoms with van der Waals surface area (Å²) in [7, 11) is 3.42. The summed E-state index contributed by atoms with van der Waals surface area (Å²) in [5.74, 6) is 1.58. The number of piperazine rings is 1. The summed E-state index contributed by atoms with van der Waals surface area (Å²) >= 11 is 0. The Labute approximate surface area is 232 Å². The van der Waals surface area contributed by atoms with Crippen molar-refractivity contribution in [1.82, 2.24) is 30.4 Å². The largest absolute Gasteiger partial charge is 0.481 e. The van der Waals surface area contributed by atoms with Gasteiger partial charge in [0.05, 0.1) is 24.4 Å². The molecule has 0 amide bonds. The monoisotopic (exact) mass is 531 g/mol. The number of methoxy groups -OCH3 is 1. The van der Waals surface area contributed by atoms with Crippen LogP contribution in [0, 0.1) is 16.7 Å². The van der Waals surface area contributed by atoms with Crippen molar-refractivity contribution in [2.24, 2.45) is 0 Å². The summed E-state index contributed by atoms with van der Waals surface area (Å²) in [6, 6.07) is 15.2. The van der Waals surface area contributed by atoms with E-state index in [0.717, 1.165) is 47.5 Å². The molecule has 3 fully saturated rings. The van der Waals surface area contributed by atoms with Gasteiger partial charge in [0.15, 0.2) is 0 Å². The number of anilines is 1. The maximum atomic E-state index is 9.79. The van der Waals surface area contributed by atoms with Gasteiger partial charge in [0.1, 0.15) is 11.9 Å². The van der Waals surface area contributed by atoms with E-state index in [9.17, 15) is 5.26 Å². The van der Waals surface area contributed by atoms with Crippen molar-refractivity contribution in [3.05, 3.63) is 77.9 Å². The molecular formula is C30H29N9O. The van der Waals surface area contributed by atoms with Gasteiger partial charge in [0.25, 0.3) is 0 Å². The molecule has 3 aliphatic heterocycles. The zero-order valence-electron chi connectivity index (χ0n) is 22.4. The Bertz CT molecular complexity index is 1610. The third kappa shape index (κ3) is 4.61. The minimum Gasteiger partial charge on any atom is -0.481 e. The Morgan fingerprint density at radius 1 is 1.15 bits per heavy atom. The molecule has 2 bridgehead atoms. The van der Waals surface area contributed by atoms with Gasteiger partial charge in [-0.15, -0.1) is 0 Å². The molecule has 6 heterocycles. The summed E-state index contributed by atoms with van der Waals surface area (Å²) in [4.78, 5) is 14.1. The molecule has 0 saturated carbocycles. The van der Waals surface area contributed by atoms with Gasteiger partial charge in [-0.1, -0.05) is 6.07 Å². The number of nitrogens with zero attached hydrogens (tertiary/aromatic N) is 7. The van der Waals surface area contributed by atoms with Crippen molar-refractivity contribution in [2.75, 3.05) is 32.1 Å². The number of nitriles is 1. The maximum Gasteiger partial charge on any atom is 0.212 e. The van der Waals surface area contributed by atoms with Crippen molar-refractivity contribution in [1.29, 1.82) is 10.7 Å². The number of hydrogen-bond donors (Lipinski definition) is 2. The Morgan fingerprint density at radius 2 is 2.00 bits per heavy atom. The van der Waals surface area contributed by atoms with Crippen LogP contribution in [0.1, 0.15) is 23.1 Å². The minimum absolute atomic E-state index is 0.452. The lowest BCUT2D eigenvalue weighted by Crippen LogP contribution is -2.68. The third-order valence-corrected chi connectivity index (χ3v) is 7.75. The molecule has 3 aliphatic rings.